The summed E-state index contributed by atoms with van der Waals surface area (Å²) in [6.07, 6.45) is 13.0. The van der Waals surface area contributed by atoms with E-state index in [4.69, 9.17) is 0 Å². The third-order valence-corrected chi connectivity index (χ3v) is 7.37. The second-order valence-corrected chi connectivity index (χ2v) is 9.85. The summed E-state index contributed by atoms with van der Waals surface area (Å²) in [6.45, 7) is 2.35. The molecule has 0 unspecified atom stereocenters. The van der Waals surface area contributed by atoms with Crippen molar-refractivity contribution in [1.29, 1.82) is 0 Å². The molecule has 1 aliphatic rings. The van der Waals surface area contributed by atoms with Gasteiger partial charge in [0.25, 0.3) is 0 Å². The van der Waals surface area contributed by atoms with Crippen molar-refractivity contribution in [3.05, 3.63) is 81.4 Å². The molecule has 4 aromatic rings. The zero-order valence-electron chi connectivity index (χ0n) is 18.1. The summed E-state index contributed by atoms with van der Waals surface area (Å²) in [4.78, 5) is 8.08. The van der Waals surface area contributed by atoms with Gasteiger partial charge in [-0.3, -0.25) is 9.97 Å². The van der Waals surface area contributed by atoms with Crippen LogP contribution in [-0.2, 0) is 0 Å². The van der Waals surface area contributed by atoms with Gasteiger partial charge in [-0.25, -0.2) is 0 Å². The Morgan fingerprint density at radius 1 is 0.871 bits per heavy atom. The average Bonchev–Trinajstić information content (AvgIpc) is 2.81. The van der Waals surface area contributed by atoms with Gasteiger partial charge in [-0.1, -0.05) is 60.0 Å². The van der Waals surface area contributed by atoms with E-state index in [1.165, 1.54) is 50.8 Å². The minimum Gasteiger partial charge on any atom is -0.317 e. The van der Waals surface area contributed by atoms with Crippen LogP contribution < -0.4 is 5.32 Å². The van der Waals surface area contributed by atoms with Crippen LogP contribution in [0, 0.1) is 9.49 Å². The minimum absolute atomic E-state index is 0.804. The van der Waals surface area contributed by atoms with Crippen molar-refractivity contribution in [2.75, 3.05) is 7.05 Å². The van der Waals surface area contributed by atoms with Gasteiger partial charge < -0.3 is 5.32 Å². The van der Waals surface area contributed by atoms with Gasteiger partial charge >= 0.3 is 0 Å². The fourth-order valence-corrected chi connectivity index (χ4v) is 5.12. The van der Waals surface area contributed by atoms with Gasteiger partial charge in [0, 0.05) is 49.6 Å². The fraction of sp³-hybridized carbons (Fsp3) is 0.308. The van der Waals surface area contributed by atoms with Gasteiger partial charge in [-0.05, 0) is 83.4 Å². The van der Waals surface area contributed by atoms with Gasteiger partial charge in [0.05, 0.1) is 0 Å². The molecule has 0 aliphatic heterocycles. The first-order valence-electron chi connectivity index (χ1n) is 10.7. The summed E-state index contributed by atoms with van der Waals surface area (Å²) in [7, 11) is 2.08. The molecule has 0 spiro atoms. The molecule has 1 aliphatic carbocycles. The summed E-state index contributed by atoms with van der Waals surface area (Å²) < 4.78 is 2.40. The number of benzene rings is 2. The van der Waals surface area contributed by atoms with Crippen LogP contribution >= 0.6 is 38.5 Å². The molecule has 1 saturated carbocycles. The van der Waals surface area contributed by atoms with E-state index in [0.29, 0.717) is 0 Å². The number of pyridine rings is 2. The number of nitrogens with one attached hydrogen (secondary N) is 1. The maximum absolute atomic E-state index is 4.05. The van der Waals surface area contributed by atoms with E-state index in [1.807, 2.05) is 55.0 Å². The maximum atomic E-state index is 4.05. The SMILES string of the molecule is Brc1cccc2cnccc12.CN[C@H]1CCCC[C@@H]1C.Ic1cccc2cnccc12. The van der Waals surface area contributed by atoms with Crippen LogP contribution in [0.2, 0.25) is 0 Å². The van der Waals surface area contributed by atoms with Gasteiger partial charge in [-0.15, -0.1) is 0 Å². The van der Waals surface area contributed by atoms with Crippen LogP contribution in [0.3, 0.4) is 0 Å². The maximum Gasteiger partial charge on any atom is 0.0346 e. The molecule has 3 nitrogen and oxygen atoms in total. The van der Waals surface area contributed by atoms with Crippen LogP contribution in [0.25, 0.3) is 21.5 Å². The van der Waals surface area contributed by atoms with Crippen molar-refractivity contribution >= 4 is 60.1 Å². The van der Waals surface area contributed by atoms with E-state index >= 15 is 0 Å². The van der Waals surface area contributed by atoms with Crippen LogP contribution in [-0.4, -0.2) is 23.1 Å². The Morgan fingerprint density at radius 2 is 1.48 bits per heavy atom. The Bertz CT molecular complexity index is 1010. The predicted molar refractivity (Wildman–Crippen MR) is 144 cm³/mol. The van der Waals surface area contributed by atoms with E-state index in [9.17, 15) is 0 Å². The molecular formula is C26H29BrIN3. The first-order chi connectivity index (χ1) is 15.1. The zero-order chi connectivity index (χ0) is 22.1. The Kier molecular flexibility index (Phi) is 9.68. The molecule has 0 radical (unpaired) electrons. The lowest BCUT2D eigenvalue weighted by Crippen LogP contribution is -2.34. The highest BCUT2D eigenvalue weighted by Gasteiger charge is 2.18. The molecule has 2 aromatic heterocycles. The summed E-state index contributed by atoms with van der Waals surface area (Å²) in [5.74, 6) is 0.906. The normalized spacial score (nSPS) is 17.9. The van der Waals surface area contributed by atoms with Crippen molar-refractivity contribution in [3.63, 3.8) is 0 Å². The van der Waals surface area contributed by atoms with Gasteiger partial charge in [0.2, 0.25) is 0 Å². The molecule has 0 amide bonds. The molecule has 0 bridgehead atoms. The molecule has 2 atom stereocenters. The predicted octanol–water partition coefficient (Wildman–Crippen LogP) is 7.62. The molecule has 162 valence electrons. The van der Waals surface area contributed by atoms with Crippen LogP contribution in [0.4, 0.5) is 0 Å². The average molecular weight is 590 g/mol. The largest absolute Gasteiger partial charge is 0.317 e. The lowest BCUT2D eigenvalue weighted by atomic mass is 9.86. The Balaban J connectivity index is 0.000000133. The van der Waals surface area contributed by atoms with Crippen molar-refractivity contribution in [3.8, 4) is 0 Å². The summed E-state index contributed by atoms with van der Waals surface area (Å²) in [5.41, 5.74) is 0. The quantitative estimate of drug-likeness (QED) is 0.232. The Morgan fingerprint density at radius 3 is 2.06 bits per heavy atom. The number of hydrogen-bond donors (Lipinski definition) is 1. The third kappa shape index (κ3) is 6.96. The van der Waals surface area contributed by atoms with Crippen molar-refractivity contribution in [1.82, 2.24) is 15.3 Å². The van der Waals surface area contributed by atoms with Gasteiger partial charge in [0.15, 0.2) is 0 Å². The molecular weight excluding hydrogens is 561 g/mol. The van der Waals surface area contributed by atoms with Gasteiger partial charge in [-0.2, -0.15) is 0 Å². The zero-order valence-corrected chi connectivity index (χ0v) is 21.8. The lowest BCUT2D eigenvalue weighted by Gasteiger charge is -2.27. The smallest absolute Gasteiger partial charge is 0.0346 e. The second-order valence-electron chi connectivity index (χ2n) is 7.83. The molecule has 1 N–H and O–H groups in total. The monoisotopic (exact) mass is 589 g/mol. The molecule has 31 heavy (non-hydrogen) atoms. The summed E-state index contributed by atoms with van der Waals surface area (Å²) in [6, 6.07) is 17.2. The number of halogens is 2. The number of nitrogens with zero attached hydrogens (tertiary/aromatic N) is 2. The molecule has 2 aromatic carbocycles. The van der Waals surface area contributed by atoms with Crippen LogP contribution in [0.5, 0.6) is 0 Å². The molecule has 0 saturated heterocycles. The third-order valence-electron chi connectivity index (χ3n) is 5.74. The first kappa shape index (κ1) is 24.1. The van der Waals surface area contributed by atoms with E-state index in [1.54, 1.807) is 6.20 Å². The number of rotatable bonds is 1. The molecule has 5 heteroatoms. The standard InChI is InChI=1S/C9H6BrN.C9H6IN.C8H17N/c2*10-9-3-1-2-7-6-11-5-4-8(7)9;1-7-5-3-4-6-8(7)9-2/h2*1-6H;7-9H,3-6H2,1-2H3/t;;7-,8-/m..0/s1. The van der Waals surface area contributed by atoms with E-state index in [-0.39, 0.29) is 0 Å². The highest BCUT2D eigenvalue weighted by molar-refractivity contribution is 14.1. The molecule has 2 heterocycles. The first-order valence-corrected chi connectivity index (χ1v) is 12.6. The number of hydrogen-bond acceptors (Lipinski definition) is 3. The molecule has 5 rings (SSSR count). The van der Waals surface area contributed by atoms with E-state index in [2.05, 4.69) is 79.9 Å². The van der Waals surface area contributed by atoms with Crippen LogP contribution in [0.1, 0.15) is 32.6 Å². The summed E-state index contributed by atoms with van der Waals surface area (Å²) >= 11 is 5.80. The Hall–Kier alpha value is -1.57. The number of fused-ring (bicyclic) bond motifs is 2. The number of aromatic nitrogens is 2. The van der Waals surface area contributed by atoms with Crippen LogP contribution in [0.15, 0.2) is 77.8 Å². The fourth-order valence-electron chi connectivity index (χ4n) is 3.91. The van der Waals surface area contributed by atoms with Crippen molar-refractivity contribution in [2.24, 2.45) is 5.92 Å². The van der Waals surface area contributed by atoms with E-state index < -0.39 is 0 Å². The summed E-state index contributed by atoms with van der Waals surface area (Å²) in [5, 5.41) is 8.22. The second kappa shape index (κ2) is 12.5. The van der Waals surface area contributed by atoms with E-state index in [0.717, 1.165) is 16.4 Å². The highest BCUT2D eigenvalue weighted by Crippen LogP contribution is 2.23. The van der Waals surface area contributed by atoms with Gasteiger partial charge in [0.1, 0.15) is 0 Å². The highest BCUT2D eigenvalue weighted by atomic mass is 127. The van der Waals surface area contributed by atoms with Crippen molar-refractivity contribution in [2.45, 2.75) is 38.6 Å². The topological polar surface area (TPSA) is 37.8 Å². The van der Waals surface area contributed by atoms with Crippen molar-refractivity contribution < 1.29 is 0 Å². The minimum atomic E-state index is 0.804. The molecule has 1 fully saturated rings. The Labute approximate surface area is 207 Å². The lowest BCUT2D eigenvalue weighted by molar-refractivity contribution is 0.294.